The highest BCUT2D eigenvalue weighted by Crippen LogP contribution is 2.16. The summed E-state index contributed by atoms with van der Waals surface area (Å²) in [5.74, 6) is -2.55. The van der Waals surface area contributed by atoms with Crippen molar-refractivity contribution < 1.29 is 48.0 Å². The number of carbonyl (C=O) groups excluding carboxylic acids is 4. The van der Waals surface area contributed by atoms with Crippen molar-refractivity contribution in [2.75, 3.05) is 65.9 Å². The standard InChI is InChI=1S/C33H51IN2O10/c1-2-3-15-35-32(40)25-46-22-19-43-17-5-8-30(38)24-45-21-20-44-18-16-36-31(39)14-11-27(33(41)42)23-29(37)7-4-6-26-9-12-28(34)13-10-26/h9-10,12-13,27H,2-8,11,14-25H2,1H3,(H,35,40)(H,36,39)(H,41,42)/t27-/m1/s1. The summed E-state index contributed by atoms with van der Waals surface area (Å²) in [6, 6.07) is 8.07. The number of hydrogen-bond acceptors (Lipinski definition) is 9. The van der Waals surface area contributed by atoms with E-state index in [2.05, 4.69) is 40.1 Å². The molecule has 0 spiro atoms. The summed E-state index contributed by atoms with van der Waals surface area (Å²) in [7, 11) is 0. The predicted molar refractivity (Wildman–Crippen MR) is 181 cm³/mol. The van der Waals surface area contributed by atoms with Gasteiger partial charge in [-0.1, -0.05) is 25.5 Å². The summed E-state index contributed by atoms with van der Waals surface area (Å²) >= 11 is 2.23. The maximum Gasteiger partial charge on any atom is 0.306 e. The van der Waals surface area contributed by atoms with Crippen LogP contribution in [0.1, 0.15) is 70.3 Å². The molecule has 13 heteroatoms. The molecule has 1 aromatic rings. The topological polar surface area (TPSA) is 167 Å². The number of benzene rings is 1. The lowest BCUT2D eigenvalue weighted by molar-refractivity contribution is -0.144. The lowest BCUT2D eigenvalue weighted by Gasteiger charge is -2.12. The second kappa shape index (κ2) is 27.6. The molecular formula is C33H51IN2O10. The molecule has 1 atom stereocenters. The van der Waals surface area contributed by atoms with Gasteiger partial charge in [0.05, 0.1) is 39.0 Å². The minimum Gasteiger partial charge on any atom is -0.481 e. The maximum absolute atomic E-state index is 12.3. The number of carbonyl (C=O) groups is 5. The molecule has 0 aromatic heterocycles. The van der Waals surface area contributed by atoms with E-state index in [1.54, 1.807) is 0 Å². The number of nitrogens with one attached hydrogen (secondary N) is 2. The molecule has 0 bridgehead atoms. The number of halogens is 1. The number of carboxylic acid groups (broad SMARTS) is 1. The van der Waals surface area contributed by atoms with Crippen molar-refractivity contribution in [3.05, 3.63) is 33.4 Å². The highest BCUT2D eigenvalue weighted by atomic mass is 127. The van der Waals surface area contributed by atoms with Crippen LogP contribution in [-0.4, -0.2) is 100 Å². The maximum atomic E-state index is 12.3. The second-order valence-electron chi connectivity index (χ2n) is 10.8. The van der Waals surface area contributed by atoms with Crippen LogP contribution in [0.4, 0.5) is 0 Å². The molecule has 12 nitrogen and oxygen atoms in total. The summed E-state index contributed by atoms with van der Waals surface area (Å²) in [5, 5.41) is 14.9. The normalized spacial score (nSPS) is 11.6. The van der Waals surface area contributed by atoms with Crippen LogP contribution in [0.5, 0.6) is 0 Å². The molecule has 0 saturated carbocycles. The molecule has 0 radical (unpaired) electrons. The van der Waals surface area contributed by atoms with E-state index < -0.39 is 11.9 Å². The molecule has 260 valence electrons. The van der Waals surface area contributed by atoms with Crippen LogP contribution in [0.25, 0.3) is 0 Å². The molecule has 1 rings (SSSR count). The van der Waals surface area contributed by atoms with Gasteiger partial charge in [-0.2, -0.15) is 0 Å². The minimum atomic E-state index is -1.07. The van der Waals surface area contributed by atoms with Crippen LogP contribution >= 0.6 is 22.6 Å². The van der Waals surface area contributed by atoms with E-state index in [0.717, 1.165) is 28.4 Å². The van der Waals surface area contributed by atoms with E-state index in [1.165, 1.54) is 0 Å². The third kappa shape index (κ3) is 23.8. The van der Waals surface area contributed by atoms with E-state index in [-0.39, 0.29) is 82.2 Å². The average molecular weight is 763 g/mol. The molecule has 0 unspecified atom stereocenters. The molecular weight excluding hydrogens is 711 g/mol. The molecule has 1 aromatic carbocycles. The molecule has 0 fully saturated rings. The smallest absolute Gasteiger partial charge is 0.306 e. The number of unbranched alkanes of at least 4 members (excludes halogenated alkanes) is 1. The van der Waals surface area contributed by atoms with Crippen LogP contribution in [0.3, 0.4) is 0 Å². The van der Waals surface area contributed by atoms with Crippen LogP contribution in [0, 0.1) is 9.49 Å². The largest absolute Gasteiger partial charge is 0.481 e. The first-order valence-electron chi connectivity index (χ1n) is 16.1. The van der Waals surface area contributed by atoms with Gasteiger partial charge in [-0.05, 0) is 72.4 Å². The third-order valence-electron chi connectivity index (χ3n) is 6.78. The first-order chi connectivity index (χ1) is 22.2. The van der Waals surface area contributed by atoms with E-state index in [1.807, 2.05) is 24.3 Å². The van der Waals surface area contributed by atoms with Crippen LogP contribution in [0.2, 0.25) is 0 Å². The number of rotatable bonds is 30. The zero-order valence-corrected chi connectivity index (χ0v) is 29.2. The molecule has 0 aliphatic carbocycles. The number of Topliss-reactive ketones (excluding diaryl/α,β-unsaturated/α-hetero) is 2. The lowest BCUT2D eigenvalue weighted by Crippen LogP contribution is -2.29. The number of ketones is 2. The first kappa shape index (κ1) is 41.6. The predicted octanol–water partition coefficient (Wildman–Crippen LogP) is 3.50. The van der Waals surface area contributed by atoms with Crippen molar-refractivity contribution in [3.63, 3.8) is 0 Å². The van der Waals surface area contributed by atoms with Crippen molar-refractivity contribution >= 4 is 51.9 Å². The number of aliphatic carboxylic acids is 1. The van der Waals surface area contributed by atoms with E-state index in [4.69, 9.17) is 18.9 Å². The Kier molecular flexibility index (Phi) is 25.0. The van der Waals surface area contributed by atoms with E-state index in [9.17, 15) is 29.1 Å². The van der Waals surface area contributed by atoms with Crippen molar-refractivity contribution in [1.29, 1.82) is 0 Å². The molecule has 2 amide bonds. The Morgan fingerprint density at radius 3 is 2.04 bits per heavy atom. The van der Waals surface area contributed by atoms with Crippen molar-refractivity contribution in [3.8, 4) is 0 Å². The Hall–Kier alpha value is -2.46. The Labute approximate surface area is 286 Å². The van der Waals surface area contributed by atoms with Gasteiger partial charge in [0.1, 0.15) is 19.0 Å². The Morgan fingerprint density at radius 2 is 1.35 bits per heavy atom. The van der Waals surface area contributed by atoms with Gasteiger partial charge in [-0.15, -0.1) is 0 Å². The molecule has 0 aliphatic heterocycles. The van der Waals surface area contributed by atoms with Crippen molar-refractivity contribution in [1.82, 2.24) is 10.6 Å². The highest BCUT2D eigenvalue weighted by Gasteiger charge is 2.22. The summed E-state index contributed by atoms with van der Waals surface area (Å²) < 4.78 is 22.5. The number of ether oxygens (including phenoxy) is 4. The number of carboxylic acids is 1. The van der Waals surface area contributed by atoms with Crippen molar-refractivity contribution in [2.24, 2.45) is 5.92 Å². The quantitative estimate of drug-likeness (QED) is 0.0781. The van der Waals surface area contributed by atoms with Crippen LogP contribution in [0.15, 0.2) is 24.3 Å². The second-order valence-corrected chi connectivity index (χ2v) is 12.1. The third-order valence-corrected chi connectivity index (χ3v) is 7.50. The number of aryl methyl sites for hydroxylation is 1. The zero-order valence-electron chi connectivity index (χ0n) is 27.0. The fourth-order valence-electron chi connectivity index (χ4n) is 4.18. The Bertz CT molecular complexity index is 1020. The molecule has 0 aliphatic rings. The monoisotopic (exact) mass is 762 g/mol. The molecule has 3 N–H and O–H groups in total. The summed E-state index contributed by atoms with van der Waals surface area (Å²) in [6.07, 6.45) is 4.60. The first-order valence-corrected chi connectivity index (χ1v) is 17.1. The fourth-order valence-corrected chi connectivity index (χ4v) is 4.54. The SMILES string of the molecule is CCCCNC(=O)COCCOCCCC(=O)COCCOCCNC(=O)CC[C@H](CC(=O)CCCc1ccc(I)cc1)C(=O)O. The van der Waals surface area contributed by atoms with E-state index >= 15 is 0 Å². The van der Waals surface area contributed by atoms with Gasteiger partial charge < -0.3 is 34.7 Å². The van der Waals surface area contributed by atoms with Gasteiger partial charge in [0.25, 0.3) is 0 Å². The molecule has 0 saturated heterocycles. The van der Waals surface area contributed by atoms with Crippen LogP contribution < -0.4 is 10.6 Å². The van der Waals surface area contributed by atoms with Gasteiger partial charge in [-0.3, -0.25) is 24.0 Å². The molecule has 0 heterocycles. The van der Waals surface area contributed by atoms with Gasteiger partial charge in [-0.25, -0.2) is 0 Å². The summed E-state index contributed by atoms with van der Waals surface area (Å²) in [6.45, 7) is 4.77. The van der Waals surface area contributed by atoms with Crippen molar-refractivity contribution in [2.45, 2.75) is 71.1 Å². The lowest BCUT2D eigenvalue weighted by atomic mass is 9.94. The van der Waals surface area contributed by atoms with Gasteiger partial charge in [0.2, 0.25) is 11.8 Å². The summed E-state index contributed by atoms with van der Waals surface area (Å²) in [5.41, 5.74) is 1.14. The van der Waals surface area contributed by atoms with Gasteiger partial charge in [0, 0.05) is 48.9 Å². The fraction of sp³-hybridized carbons (Fsp3) is 0.667. The number of amides is 2. The Morgan fingerprint density at radius 1 is 0.717 bits per heavy atom. The van der Waals surface area contributed by atoms with Crippen LogP contribution in [-0.2, 0) is 49.3 Å². The highest BCUT2D eigenvalue weighted by molar-refractivity contribution is 14.1. The van der Waals surface area contributed by atoms with Gasteiger partial charge >= 0.3 is 5.97 Å². The number of hydrogen-bond donors (Lipinski definition) is 3. The average Bonchev–Trinajstić information content (AvgIpc) is 3.02. The molecule has 46 heavy (non-hydrogen) atoms. The zero-order chi connectivity index (χ0) is 33.8. The van der Waals surface area contributed by atoms with Gasteiger partial charge in [0.15, 0.2) is 5.78 Å². The van der Waals surface area contributed by atoms with E-state index in [0.29, 0.717) is 52.0 Å². The summed E-state index contributed by atoms with van der Waals surface area (Å²) in [4.78, 5) is 59.4. The Balaban J connectivity index is 1.97. The minimum absolute atomic E-state index is 0.00878.